The van der Waals surface area contributed by atoms with E-state index in [0.717, 1.165) is 37.2 Å². The van der Waals surface area contributed by atoms with Gasteiger partial charge in [0.05, 0.1) is 0 Å². The van der Waals surface area contributed by atoms with Gasteiger partial charge in [-0.3, -0.25) is 4.79 Å². The van der Waals surface area contributed by atoms with E-state index in [-0.39, 0.29) is 11.8 Å². The molecule has 1 aromatic carbocycles. The first-order chi connectivity index (χ1) is 8.81. The summed E-state index contributed by atoms with van der Waals surface area (Å²) in [4.78, 5) is 12.1. The smallest absolute Gasteiger partial charge is 0.228 e. The number of benzene rings is 1. The van der Waals surface area contributed by atoms with Gasteiger partial charge in [0.25, 0.3) is 0 Å². The Kier molecular flexibility index (Phi) is 4.53. The third-order valence-corrected chi connectivity index (χ3v) is 3.22. The lowest BCUT2D eigenvalue weighted by Crippen LogP contribution is -2.22. The highest BCUT2D eigenvalue weighted by Crippen LogP contribution is 2.21. The largest absolute Gasteiger partial charge is 0.326 e. The van der Waals surface area contributed by atoms with Gasteiger partial charge in [-0.05, 0) is 31.0 Å². The lowest BCUT2D eigenvalue weighted by Gasteiger charge is -2.14. The Morgan fingerprint density at radius 1 is 1.28 bits per heavy atom. The quantitative estimate of drug-likeness (QED) is 0.782. The Morgan fingerprint density at radius 2 is 2.00 bits per heavy atom. The predicted molar refractivity (Wildman–Crippen MR) is 74.3 cm³/mol. The molecule has 0 bridgehead atoms. The molecule has 0 unspecified atom stereocenters. The zero-order valence-corrected chi connectivity index (χ0v) is 10.8. The van der Waals surface area contributed by atoms with Crippen LogP contribution in [0.2, 0.25) is 0 Å². The molecule has 0 aliphatic heterocycles. The van der Waals surface area contributed by atoms with Crippen molar-refractivity contribution < 1.29 is 4.79 Å². The van der Waals surface area contributed by atoms with Crippen molar-refractivity contribution in [3.05, 3.63) is 42.0 Å². The second-order valence-electron chi connectivity index (χ2n) is 4.57. The molecule has 96 valence electrons. The minimum atomic E-state index is 0.109. The number of carbonyl (C=O) groups excluding carboxylic acids is 1. The van der Waals surface area contributed by atoms with Crippen LogP contribution >= 0.6 is 0 Å². The third-order valence-electron chi connectivity index (χ3n) is 3.22. The molecule has 18 heavy (non-hydrogen) atoms. The molecule has 0 saturated heterocycles. The van der Waals surface area contributed by atoms with Crippen molar-refractivity contribution in [3.63, 3.8) is 0 Å². The summed E-state index contributed by atoms with van der Waals surface area (Å²) in [6, 6.07) is 7.97. The fraction of sp³-hybridized carbons (Fsp3) is 0.400. The molecule has 0 atom stereocenters. The van der Waals surface area contributed by atoms with E-state index in [4.69, 9.17) is 0 Å². The number of hydrogen-bond donors (Lipinski definition) is 2. The summed E-state index contributed by atoms with van der Waals surface area (Å²) >= 11 is 0. The van der Waals surface area contributed by atoms with Gasteiger partial charge in [0.15, 0.2) is 0 Å². The van der Waals surface area contributed by atoms with Gasteiger partial charge in [0, 0.05) is 18.2 Å². The van der Waals surface area contributed by atoms with E-state index in [9.17, 15) is 4.79 Å². The van der Waals surface area contributed by atoms with E-state index in [1.54, 1.807) is 0 Å². The van der Waals surface area contributed by atoms with Gasteiger partial charge in [-0.1, -0.05) is 37.3 Å². The number of carbonyl (C=O) groups is 1. The van der Waals surface area contributed by atoms with Gasteiger partial charge in [-0.15, -0.1) is 0 Å². The van der Waals surface area contributed by atoms with Gasteiger partial charge in [-0.25, -0.2) is 0 Å². The van der Waals surface area contributed by atoms with Crippen molar-refractivity contribution in [1.82, 2.24) is 5.32 Å². The van der Waals surface area contributed by atoms with Crippen LogP contribution in [0.5, 0.6) is 0 Å². The Labute approximate surface area is 108 Å². The molecule has 2 N–H and O–H groups in total. The van der Waals surface area contributed by atoms with Crippen molar-refractivity contribution >= 4 is 11.6 Å². The molecule has 1 aromatic rings. The van der Waals surface area contributed by atoms with E-state index in [0.29, 0.717) is 0 Å². The predicted octanol–water partition coefficient (Wildman–Crippen LogP) is 2.70. The maximum atomic E-state index is 12.1. The minimum absolute atomic E-state index is 0.109. The van der Waals surface area contributed by atoms with Crippen LogP contribution in [0.4, 0.5) is 5.69 Å². The van der Waals surface area contributed by atoms with E-state index in [1.165, 1.54) is 0 Å². The average molecular weight is 244 g/mol. The maximum Gasteiger partial charge on any atom is 0.228 e. The van der Waals surface area contributed by atoms with Crippen molar-refractivity contribution in [2.45, 2.75) is 26.3 Å². The topological polar surface area (TPSA) is 41.1 Å². The molecule has 1 aliphatic rings. The molecule has 2 rings (SSSR count). The highest BCUT2D eigenvalue weighted by Gasteiger charge is 2.19. The highest BCUT2D eigenvalue weighted by molar-refractivity contribution is 5.93. The van der Waals surface area contributed by atoms with E-state index in [2.05, 4.69) is 29.7 Å². The van der Waals surface area contributed by atoms with E-state index >= 15 is 0 Å². The second-order valence-corrected chi connectivity index (χ2v) is 4.57. The van der Waals surface area contributed by atoms with Crippen molar-refractivity contribution in [2.24, 2.45) is 5.92 Å². The number of rotatable bonds is 5. The molecule has 0 spiro atoms. The Hall–Kier alpha value is -1.61. The summed E-state index contributed by atoms with van der Waals surface area (Å²) in [5.41, 5.74) is 2.06. The van der Waals surface area contributed by atoms with Crippen molar-refractivity contribution in [1.29, 1.82) is 0 Å². The lowest BCUT2D eigenvalue weighted by molar-refractivity contribution is -0.119. The summed E-state index contributed by atoms with van der Waals surface area (Å²) in [5, 5.41) is 6.33. The summed E-state index contributed by atoms with van der Waals surface area (Å²) in [7, 11) is 0. The van der Waals surface area contributed by atoms with Crippen LogP contribution in [0.25, 0.3) is 0 Å². The zero-order valence-electron chi connectivity index (χ0n) is 10.8. The average Bonchev–Trinajstić information content (AvgIpc) is 2.91. The molecular weight excluding hydrogens is 224 g/mol. The number of para-hydroxylation sites is 1. The van der Waals surface area contributed by atoms with E-state index < -0.39 is 0 Å². The fourth-order valence-electron chi connectivity index (χ4n) is 2.12. The molecule has 0 aromatic heterocycles. The zero-order chi connectivity index (χ0) is 12.8. The molecule has 0 heterocycles. The van der Waals surface area contributed by atoms with Gasteiger partial charge in [0.1, 0.15) is 0 Å². The standard InChI is InChI=1S/C15H20N2O/c1-2-16-11-13-9-5-6-10-14(13)17-15(18)12-7-3-4-8-12/h3-6,9-10,12,16H,2,7-8,11H2,1H3,(H,17,18). The first-order valence-electron chi connectivity index (χ1n) is 6.55. The lowest BCUT2D eigenvalue weighted by atomic mass is 10.1. The van der Waals surface area contributed by atoms with Crippen LogP contribution < -0.4 is 10.6 Å². The molecule has 0 radical (unpaired) electrons. The summed E-state index contributed by atoms with van der Waals surface area (Å²) in [6.07, 6.45) is 5.88. The molecular formula is C15H20N2O. The van der Waals surface area contributed by atoms with Crippen LogP contribution in [0.1, 0.15) is 25.3 Å². The molecule has 0 saturated carbocycles. The van der Waals surface area contributed by atoms with Crippen molar-refractivity contribution in [2.75, 3.05) is 11.9 Å². The second kappa shape index (κ2) is 6.36. The molecule has 0 fully saturated rings. The molecule has 3 heteroatoms. The first kappa shape index (κ1) is 12.8. The Morgan fingerprint density at radius 3 is 2.72 bits per heavy atom. The maximum absolute atomic E-state index is 12.1. The molecule has 3 nitrogen and oxygen atoms in total. The number of allylic oxidation sites excluding steroid dienone is 2. The van der Waals surface area contributed by atoms with Crippen LogP contribution in [0.3, 0.4) is 0 Å². The van der Waals surface area contributed by atoms with Gasteiger partial charge in [0.2, 0.25) is 5.91 Å². The number of anilines is 1. The SMILES string of the molecule is CCNCc1ccccc1NC(=O)C1CC=CC1. The number of hydrogen-bond acceptors (Lipinski definition) is 2. The van der Waals surface area contributed by atoms with Crippen LogP contribution in [-0.4, -0.2) is 12.5 Å². The monoisotopic (exact) mass is 244 g/mol. The minimum Gasteiger partial charge on any atom is -0.326 e. The Bertz CT molecular complexity index is 432. The van der Waals surface area contributed by atoms with Gasteiger partial charge in [-0.2, -0.15) is 0 Å². The number of nitrogens with one attached hydrogen (secondary N) is 2. The van der Waals surface area contributed by atoms with Crippen LogP contribution in [0.15, 0.2) is 36.4 Å². The highest BCUT2D eigenvalue weighted by atomic mass is 16.1. The molecule has 1 aliphatic carbocycles. The summed E-state index contributed by atoms with van der Waals surface area (Å²) < 4.78 is 0. The van der Waals surface area contributed by atoms with Crippen LogP contribution in [0, 0.1) is 5.92 Å². The first-order valence-corrected chi connectivity index (χ1v) is 6.55. The third kappa shape index (κ3) is 3.20. The molecule has 1 amide bonds. The van der Waals surface area contributed by atoms with E-state index in [1.807, 2.05) is 24.3 Å². The summed E-state index contributed by atoms with van der Waals surface area (Å²) in [5.74, 6) is 0.237. The Balaban J connectivity index is 2.01. The van der Waals surface area contributed by atoms with Gasteiger partial charge >= 0.3 is 0 Å². The normalized spacial score (nSPS) is 14.9. The van der Waals surface area contributed by atoms with Gasteiger partial charge < -0.3 is 10.6 Å². The summed E-state index contributed by atoms with van der Waals surface area (Å²) in [6.45, 7) is 3.79. The van der Waals surface area contributed by atoms with Crippen LogP contribution in [-0.2, 0) is 11.3 Å². The fourth-order valence-corrected chi connectivity index (χ4v) is 2.12. The van der Waals surface area contributed by atoms with Crippen molar-refractivity contribution in [3.8, 4) is 0 Å². The number of amides is 1.